The van der Waals surface area contributed by atoms with Crippen LogP contribution in [0.5, 0.6) is 5.75 Å². The zero-order valence-corrected chi connectivity index (χ0v) is 17.8. The van der Waals surface area contributed by atoms with Crippen molar-refractivity contribution in [3.8, 4) is 5.75 Å². The van der Waals surface area contributed by atoms with Crippen molar-refractivity contribution in [1.82, 2.24) is 9.88 Å². The Labute approximate surface area is 181 Å². The standard InChI is InChI=1S/C23H27N3O5/c1-3-31-22(28)10-12-25(15-17-7-6-11-24-14-17)23(29)18-13-21(27)26(16-18)19-8-4-5-9-20(19)30-2/h4-9,11,14,18H,3,10,12-13,15-16H2,1-2H3. The summed E-state index contributed by atoms with van der Waals surface area (Å²) in [6.45, 7) is 2.83. The molecular weight excluding hydrogens is 398 g/mol. The van der Waals surface area contributed by atoms with E-state index in [0.717, 1.165) is 5.56 Å². The first kappa shape index (κ1) is 22.3. The lowest BCUT2D eigenvalue weighted by Gasteiger charge is -2.25. The molecule has 0 saturated carbocycles. The van der Waals surface area contributed by atoms with E-state index in [9.17, 15) is 14.4 Å². The molecule has 1 aromatic heterocycles. The number of hydrogen-bond donors (Lipinski definition) is 0. The smallest absolute Gasteiger partial charge is 0.307 e. The molecular formula is C23H27N3O5. The minimum Gasteiger partial charge on any atom is -0.495 e. The summed E-state index contributed by atoms with van der Waals surface area (Å²) in [7, 11) is 1.55. The maximum absolute atomic E-state index is 13.3. The van der Waals surface area contributed by atoms with E-state index >= 15 is 0 Å². The summed E-state index contributed by atoms with van der Waals surface area (Å²) in [5, 5.41) is 0. The Balaban J connectivity index is 1.75. The Morgan fingerprint density at radius 1 is 1.23 bits per heavy atom. The van der Waals surface area contributed by atoms with Gasteiger partial charge >= 0.3 is 5.97 Å². The fourth-order valence-corrected chi connectivity index (χ4v) is 3.66. The van der Waals surface area contributed by atoms with Crippen molar-refractivity contribution >= 4 is 23.5 Å². The predicted octanol–water partition coefficient (Wildman–Crippen LogP) is 2.43. The first-order valence-electron chi connectivity index (χ1n) is 10.3. The number of hydrogen-bond acceptors (Lipinski definition) is 6. The van der Waals surface area contributed by atoms with E-state index in [1.165, 1.54) is 0 Å². The molecule has 1 aliphatic heterocycles. The number of carbonyl (C=O) groups excluding carboxylic acids is 3. The van der Waals surface area contributed by atoms with Gasteiger partial charge in [-0.25, -0.2) is 0 Å². The highest BCUT2D eigenvalue weighted by molar-refractivity contribution is 6.01. The molecule has 1 aromatic carbocycles. The molecule has 1 atom stereocenters. The monoisotopic (exact) mass is 425 g/mol. The van der Waals surface area contributed by atoms with Gasteiger partial charge in [0.2, 0.25) is 11.8 Å². The lowest BCUT2D eigenvalue weighted by molar-refractivity contribution is -0.144. The molecule has 8 heteroatoms. The van der Waals surface area contributed by atoms with Crippen molar-refractivity contribution in [3.05, 3.63) is 54.4 Å². The number of para-hydroxylation sites is 2. The van der Waals surface area contributed by atoms with Crippen LogP contribution >= 0.6 is 0 Å². The molecule has 2 aromatic rings. The summed E-state index contributed by atoms with van der Waals surface area (Å²) in [6.07, 6.45) is 3.55. The van der Waals surface area contributed by atoms with E-state index in [2.05, 4.69) is 4.98 Å². The van der Waals surface area contributed by atoms with E-state index in [-0.39, 0.29) is 43.7 Å². The summed E-state index contributed by atoms with van der Waals surface area (Å²) in [4.78, 5) is 45.2. The highest BCUT2D eigenvalue weighted by Gasteiger charge is 2.38. The van der Waals surface area contributed by atoms with Crippen LogP contribution in [0.15, 0.2) is 48.8 Å². The van der Waals surface area contributed by atoms with Gasteiger partial charge in [0.1, 0.15) is 5.75 Å². The van der Waals surface area contributed by atoms with Crippen molar-refractivity contribution in [3.63, 3.8) is 0 Å². The molecule has 0 aliphatic carbocycles. The zero-order chi connectivity index (χ0) is 22.2. The normalized spacial score (nSPS) is 15.6. The fourth-order valence-electron chi connectivity index (χ4n) is 3.66. The SMILES string of the molecule is CCOC(=O)CCN(Cc1cccnc1)C(=O)C1CC(=O)N(c2ccccc2OC)C1. The van der Waals surface area contributed by atoms with E-state index in [4.69, 9.17) is 9.47 Å². The summed E-state index contributed by atoms with van der Waals surface area (Å²) >= 11 is 0. The molecule has 0 N–H and O–H groups in total. The second kappa shape index (κ2) is 10.6. The van der Waals surface area contributed by atoms with Gasteiger partial charge < -0.3 is 19.3 Å². The molecule has 0 spiro atoms. The molecule has 0 radical (unpaired) electrons. The minimum absolute atomic E-state index is 0.0940. The average Bonchev–Trinajstić information content (AvgIpc) is 3.18. The summed E-state index contributed by atoms with van der Waals surface area (Å²) in [5.41, 5.74) is 1.50. The topological polar surface area (TPSA) is 89.0 Å². The van der Waals surface area contributed by atoms with Crippen molar-refractivity contribution in [1.29, 1.82) is 0 Å². The number of methoxy groups -OCH3 is 1. The second-order valence-corrected chi connectivity index (χ2v) is 7.25. The highest BCUT2D eigenvalue weighted by Crippen LogP contribution is 2.33. The van der Waals surface area contributed by atoms with Crippen LogP contribution in [-0.4, -0.2) is 54.5 Å². The van der Waals surface area contributed by atoms with Crippen molar-refractivity contribution in [2.45, 2.75) is 26.3 Å². The number of esters is 1. The first-order chi connectivity index (χ1) is 15.0. The first-order valence-corrected chi connectivity index (χ1v) is 10.3. The van der Waals surface area contributed by atoms with E-state index in [0.29, 0.717) is 24.6 Å². The lowest BCUT2D eigenvalue weighted by atomic mass is 10.1. The molecule has 2 amide bonds. The number of anilines is 1. The van der Waals surface area contributed by atoms with Gasteiger partial charge in [-0.3, -0.25) is 19.4 Å². The van der Waals surface area contributed by atoms with Crippen molar-refractivity contribution in [2.75, 3.05) is 31.7 Å². The van der Waals surface area contributed by atoms with Crippen LogP contribution in [0.3, 0.4) is 0 Å². The third-order valence-electron chi connectivity index (χ3n) is 5.15. The quantitative estimate of drug-likeness (QED) is 0.574. The highest BCUT2D eigenvalue weighted by atomic mass is 16.5. The fraction of sp³-hybridized carbons (Fsp3) is 0.391. The number of pyridine rings is 1. The largest absolute Gasteiger partial charge is 0.495 e. The molecule has 1 unspecified atom stereocenters. The van der Waals surface area contributed by atoms with Crippen LogP contribution in [-0.2, 0) is 25.7 Å². The maximum atomic E-state index is 13.3. The lowest BCUT2D eigenvalue weighted by Crippen LogP contribution is -2.38. The Morgan fingerprint density at radius 3 is 2.74 bits per heavy atom. The third-order valence-corrected chi connectivity index (χ3v) is 5.15. The van der Waals surface area contributed by atoms with Crippen LogP contribution in [0, 0.1) is 5.92 Å². The molecule has 0 bridgehead atoms. The third kappa shape index (κ3) is 5.59. The van der Waals surface area contributed by atoms with Crippen LogP contribution in [0.2, 0.25) is 0 Å². The number of aromatic nitrogens is 1. The molecule has 1 saturated heterocycles. The number of benzene rings is 1. The van der Waals surface area contributed by atoms with Crippen molar-refractivity contribution in [2.24, 2.45) is 5.92 Å². The predicted molar refractivity (Wildman–Crippen MR) is 114 cm³/mol. The molecule has 1 aliphatic rings. The van der Waals surface area contributed by atoms with Gasteiger partial charge in [0.25, 0.3) is 0 Å². The van der Waals surface area contributed by atoms with Gasteiger partial charge in [0.15, 0.2) is 0 Å². The number of ether oxygens (including phenoxy) is 2. The molecule has 2 heterocycles. The Morgan fingerprint density at radius 2 is 2.03 bits per heavy atom. The Kier molecular flexibility index (Phi) is 7.59. The summed E-state index contributed by atoms with van der Waals surface area (Å²) < 4.78 is 10.4. The van der Waals surface area contributed by atoms with E-state index in [1.54, 1.807) is 54.4 Å². The average molecular weight is 425 g/mol. The van der Waals surface area contributed by atoms with Gasteiger partial charge in [-0.1, -0.05) is 18.2 Å². The van der Waals surface area contributed by atoms with Gasteiger partial charge in [-0.2, -0.15) is 0 Å². The van der Waals surface area contributed by atoms with E-state index in [1.807, 2.05) is 18.2 Å². The van der Waals surface area contributed by atoms with Crippen LogP contribution in [0.1, 0.15) is 25.3 Å². The number of rotatable bonds is 9. The number of carbonyl (C=O) groups is 3. The molecule has 1 fully saturated rings. The van der Waals surface area contributed by atoms with Crippen LogP contribution in [0.25, 0.3) is 0 Å². The number of amides is 2. The van der Waals surface area contributed by atoms with E-state index < -0.39 is 5.92 Å². The van der Waals surface area contributed by atoms with Gasteiger partial charge in [0.05, 0.1) is 31.7 Å². The minimum atomic E-state index is -0.503. The molecule has 31 heavy (non-hydrogen) atoms. The van der Waals surface area contributed by atoms with Crippen molar-refractivity contribution < 1.29 is 23.9 Å². The Hall–Kier alpha value is -3.42. The van der Waals surface area contributed by atoms with Gasteiger partial charge in [-0.05, 0) is 30.7 Å². The number of nitrogens with zero attached hydrogens (tertiary/aromatic N) is 3. The van der Waals surface area contributed by atoms with Crippen LogP contribution in [0.4, 0.5) is 5.69 Å². The summed E-state index contributed by atoms with van der Waals surface area (Å²) in [6, 6.07) is 10.9. The zero-order valence-electron chi connectivity index (χ0n) is 17.8. The molecule has 3 rings (SSSR count). The van der Waals surface area contributed by atoms with Crippen LogP contribution < -0.4 is 9.64 Å². The summed E-state index contributed by atoms with van der Waals surface area (Å²) in [5.74, 6) is -0.576. The Bertz CT molecular complexity index is 918. The molecule has 164 valence electrons. The second-order valence-electron chi connectivity index (χ2n) is 7.25. The maximum Gasteiger partial charge on any atom is 0.307 e. The molecule has 8 nitrogen and oxygen atoms in total. The van der Waals surface area contributed by atoms with Gasteiger partial charge in [-0.15, -0.1) is 0 Å². The van der Waals surface area contributed by atoms with Gasteiger partial charge in [0, 0.05) is 38.4 Å².